The van der Waals surface area contributed by atoms with E-state index in [1.54, 1.807) is 18.2 Å². The molecule has 0 aliphatic heterocycles. The lowest BCUT2D eigenvalue weighted by Crippen LogP contribution is -2.05. The van der Waals surface area contributed by atoms with E-state index >= 15 is 0 Å². The molecule has 20 heavy (non-hydrogen) atoms. The zero-order valence-electron chi connectivity index (χ0n) is 12.3. The molecule has 0 unspecified atom stereocenters. The van der Waals surface area contributed by atoms with Crippen LogP contribution in [0.2, 0.25) is 0 Å². The third-order valence-electron chi connectivity index (χ3n) is 2.86. The standard InChI is InChI=1S/C17H22O3/c1-13(2)7-6-8-14(3)11-12-20-17(19)15-9-4-5-10-16(15)18/h4-5,7,9-11,18H,6,8,12H2,1-3H3/b14-11-. The second-order valence-electron chi connectivity index (χ2n) is 4.99. The lowest BCUT2D eigenvalue weighted by atomic mass is 10.1. The molecule has 0 fully saturated rings. The van der Waals surface area contributed by atoms with Gasteiger partial charge < -0.3 is 9.84 Å². The van der Waals surface area contributed by atoms with Crippen molar-refractivity contribution in [1.29, 1.82) is 0 Å². The van der Waals surface area contributed by atoms with Crippen molar-refractivity contribution in [3.05, 3.63) is 53.1 Å². The number of phenols is 1. The number of hydrogen-bond acceptors (Lipinski definition) is 3. The zero-order valence-corrected chi connectivity index (χ0v) is 12.3. The van der Waals surface area contributed by atoms with Crippen LogP contribution in [-0.2, 0) is 4.74 Å². The molecule has 0 heterocycles. The quantitative estimate of drug-likeness (QED) is 0.623. The second kappa shape index (κ2) is 8.20. The number of esters is 1. The summed E-state index contributed by atoms with van der Waals surface area (Å²) in [7, 11) is 0. The molecule has 0 aliphatic rings. The number of ether oxygens (including phenoxy) is 1. The normalized spacial score (nSPS) is 11.1. The van der Waals surface area contributed by atoms with Crippen LogP contribution in [0.25, 0.3) is 0 Å². The van der Waals surface area contributed by atoms with Crippen LogP contribution >= 0.6 is 0 Å². The number of phenolic OH excluding ortho intramolecular Hbond substituents is 1. The SMILES string of the molecule is CC(C)=CCC/C(C)=C\COC(=O)c1ccccc1O. The molecule has 0 spiro atoms. The van der Waals surface area contributed by atoms with Crippen molar-refractivity contribution in [2.45, 2.75) is 33.6 Å². The average Bonchev–Trinajstić information content (AvgIpc) is 2.38. The summed E-state index contributed by atoms with van der Waals surface area (Å²) in [5.74, 6) is -0.557. The molecular formula is C17H22O3. The number of aromatic hydroxyl groups is 1. The van der Waals surface area contributed by atoms with Crippen LogP contribution in [0.15, 0.2) is 47.6 Å². The Bertz CT molecular complexity index is 509. The van der Waals surface area contributed by atoms with Crippen LogP contribution in [-0.4, -0.2) is 17.7 Å². The van der Waals surface area contributed by atoms with E-state index in [0.717, 1.165) is 12.8 Å². The first-order chi connectivity index (χ1) is 9.50. The second-order valence-corrected chi connectivity index (χ2v) is 4.99. The summed E-state index contributed by atoms with van der Waals surface area (Å²) in [6.07, 6.45) is 6.04. The minimum absolute atomic E-state index is 0.0539. The molecule has 1 aromatic carbocycles. The summed E-state index contributed by atoms with van der Waals surface area (Å²) < 4.78 is 5.12. The summed E-state index contributed by atoms with van der Waals surface area (Å²) in [4.78, 5) is 11.7. The molecule has 3 nitrogen and oxygen atoms in total. The van der Waals surface area contributed by atoms with Gasteiger partial charge in [0.05, 0.1) is 0 Å². The predicted octanol–water partition coefficient (Wildman–Crippen LogP) is 4.24. The van der Waals surface area contributed by atoms with Gasteiger partial charge in [0.2, 0.25) is 0 Å². The van der Waals surface area contributed by atoms with Crippen molar-refractivity contribution in [3.63, 3.8) is 0 Å². The highest BCUT2D eigenvalue weighted by Gasteiger charge is 2.10. The van der Waals surface area contributed by atoms with Crippen LogP contribution < -0.4 is 0 Å². The van der Waals surface area contributed by atoms with Crippen molar-refractivity contribution in [2.24, 2.45) is 0 Å². The molecule has 0 aromatic heterocycles. The molecular weight excluding hydrogens is 252 g/mol. The lowest BCUT2D eigenvalue weighted by molar-refractivity contribution is 0.0545. The van der Waals surface area contributed by atoms with Crippen molar-refractivity contribution in [2.75, 3.05) is 6.61 Å². The van der Waals surface area contributed by atoms with Gasteiger partial charge in [-0.15, -0.1) is 0 Å². The third kappa shape index (κ3) is 5.74. The third-order valence-corrected chi connectivity index (χ3v) is 2.86. The fourth-order valence-electron chi connectivity index (χ4n) is 1.67. The first-order valence-electron chi connectivity index (χ1n) is 6.75. The van der Waals surface area contributed by atoms with Crippen molar-refractivity contribution in [1.82, 2.24) is 0 Å². The van der Waals surface area contributed by atoms with Crippen LogP contribution in [0.1, 0.15) is 44.0 Å². The van der Waals surface area contributed by atoms with E-state index in [-0.39, 0.29) is 17.9 Å². The van der Waals surface area contributed by atoms with E-state index in [1.165, 1.54) is 17.2 Å². The molecule has 0 bridgehead atoms. The summed E-state index contributed by atoms with van der Waals surface area (Å²) in [6.45, 7) is 6.40. The molecule has 0 aliphatic carbocycles. The largest absolute Gasteiger partial charge is 0.507 e. The van der Waals surface area contributed by atoms with Gasteiger partial charge >= 0.3 is 5.97 Å². The van der Waals surface area contributed by atoms with Gasteiger partial charge in [-0.2, -0.15) is 0 Å². The number of allylic oxidation sites excluding steroid dienone is 3. The van der Waals surface area contributed by atoms with Crippen LogP contribution in [0.4, 0.5) is 0 Å². The Kier molecular flexibility index (Phi) is 6.57. The van der Waals surface area contributed by atoms with E-state index in [2.05, 4.69) is 19.9 Å². The molecule has 0 amide bonds. The van der Waals surface area contributed by atoms with Crippen LogP contribution in [0.3, 0.4) is 0 Å². The molecule has 0 atom stereocenters. The van der Waals surface area contributed by atoms with Gasteiger partial charge in [0.1, 0.15) is 17.9 Å². The van der Waals surface area contributed by atoms with Crippen LogP contribution in [0.5, 0.6) is 5.75 Å². The maximum absolute atomic E-state index is 11.7. The van der Waals surface area contributed by atoms with E-state index in [1.807, 2.05) is 13.0 Å². The van der Waals surface area contributed by atoms with E-state index in [9.17, 15) is 9.90 Å². The van der Waals surface area contributed by atoms with E-state index < -0.39 is 5.97 Å². The van der Waals surface area contributed by atoms with Gasteiger partial charge in [0, 0.05) is 0 Å². The fourth-order valence-corrected chi connectivity index (χ4v) is 1.67. The smallest absolute Gasteiger partial charge is 0.342 e. The molecule has 0 saturated carbocycles. The monoisotopic (exact) mass is 274 g/mol. The highest BCUT2D eigenvalue weighted by molar-refractivity contribution is 5.92. The number of benzene rings is 1. The Morgan fingerprint density at radius 1 is 1.20 bits per heavy atom. The first-order valence-corrected chi connectivity index (χ1v) is 6.75. The van der Waals surface area contributed by atoms with E-state index in [0.29, 0.717) is 0 Å². The zero-order chi connectivity index (χ0) is 15.0. The molecule has 108 valence electrons. The fraction of sp³-hybridized carbons (Fsp3) is 0.353. The summed E-state index contributed by atoms with van der Waals surface area (Å²) in [5, 5.41) is 9.53. The Labute approximate surface area is 120 Å². The number of carbonyl (C=O) groups excluding carboxylic acids is 1. The summed E-state index contributed by atoms with van der Waals surface area (Å²) >= 11 is 0. The molecule has 1 N–H and O–H groups in total. The molecule has 0 saturated heterocycles. The van der Waals surface area contributed by atoms with Gasteiger partial charge in [-0.05, 0) is 51.8 Å². The van der Waals surface area contributed by atoms with Gasteiger partial charge in [0.25, 0.3) is 0 Å². The maximum Gasteiger partial charge on any atom is 0.342 e. The Hall–Kier alpha value is -2.03. The summed E-state index contributed by atoms with van der Waals surface area (Å²) in [6, 6.07) is 6.37. The predicted molar refractivity (Wildman–Crippen MR) is 80.8 cm³/mol. The maximum atomic E-state index is 11.7. The van der Waals surface area contributed by atoms with Gasteiger partial charge in [-0.1, -0.05) is 29.4 Å². The minimum atomic E-state index is -0.503. The van der Waals surface area contributed by atoms with Crippen LogP contribution in [0, 0.1) is 0 Å². The number of rotatable bonds is 6. The topological polar surface area (TPSA) is 46.5 Å². The van der Waals surface area contributed by atoms with E-state index in [4.69, 9.17) is 4.74 Å². The highest BCUT2D eigenvalue weighted by atomic mass is 16.5. The highest BCUT2D eigenvalue weighted by Crippen LogP contribution is 2.16. The first kappa shape index (κ1) is 16.0. The number of hydrogen-bond donors (Lipinski definition) is 1. The Morgan fingerprint density at radius 2 is 1.90 bits per heavy atom. The molecule has 3 heteroatoms. The van der Waals surface area contributed by atoms with Gasteiger partial charge in [-0.25, -0.2) is 4.79 Å². The van der Waals surface area contributed by atoms with Gasteiger partial charge in [0.15, 0.2) is 0 Å². The average molecular weight is 274 g/mol. The van der Waals surface area contributed by atoms with Gasteiger partial charge in [-0.3, -0.25) is 0 Å². The molecule has 0 radical (unpaired) electrons. The Balaban J connectivity index is 2.42. The van der Waals surface area contributed by atoms with Crippen molar-refractivity contribution >= 4 is 5.97 Å². The molecule has 1 rings (SSSR count). The minimum Gasteiger partial charge on any atom is -0.507 e. The van der Waals surface area contributed by atoms with Crippen molar-refractivity contribution < 1.29 is 14.6 Å². The molecule has 1 aromatic rings. The summed E-state index contributed by atoms with van der Waals surface area (Å²) in [5.41, 5.74) is 2.69. The van der Waals surface area contributed by atoms with Crippen molar-refractivity contribution in [3.8, 4) is 5.75 Å². The lowest BCUT2D eigenvalue weighted by Gasteiger charge is -2.05. The number of carbonyl (C=O) groups is 1. The Morgan fingerprint density at radius 3 is 2.55 bits per heavy atom. The number of para-hydroxylation sites is 1.